The first kappa shape index (κ1) is 12.6. The first-order valence-electron chi connectivity index (χ1n) is 5.94. The van der Waals surface area contributed by atoms with Crippen molar-refractivity contribution in [2.75, 3.05) is 5.73 Å². The van der Waals surface area contributed by atoms with Gasteiger partial charge in [0.15, 0.2) is 0 Å². The molecule has 100 valence electrons. The summed E-state index contributed by atoms with van der Waals surface area (Å²) in [5, 5.41) is 11.6. The van der Waals surface area contributed by atoms with Gasteiger partial charge in [-0.05, 0) is 41.8 Å². The molecule has 3 aromatic rings. The van der Waals surface area contributed by atoms with Crippen molar-refractivity contribution >= 4 is 28.1 Å². The lowest BCUT2D eigenvalue weighted by molar-refractivity contribution is 0.465. The number of aromatic hydroxyl groups is 1. The molecule has 3 rings (SSSR count). The van der Waals surface area contributed by atoms with Gasteiger partial charge in [0, 0.05) is 17.3 Å². The van der Waals surface area contributed by atoms with Crippen molar-refractivity contribution in [3.8, 4) is 17.4 Å². The second-order valence-electron chi connectivity index (χ2n) is 4.31. The Morgan fingerprint density at radius 3 is 2.75 bits per heavy atom. The van der Waals surface area contributed by atoms with Crippen LogP contribution in [-0.4, -0.2) is 10.1 Å². The summed E-state index contributed by atoms with van der Waals surface area (Å²) in [4.78, 5) is 4.18. The van der Waals surface area contributed by atoms with Crippen LogP contribution in [0.15, 0.2) is 48.7 Å². The van der Waals surface area contributed by atoms with Gasteiger partial charge in [-0.3, -0.25) is 0 Å². The average molecular weight is 287 g/mol. The largest absolute Gasteiger partial charge is 0.508 e. The quantitative estimate of drug-likeness (QED) is 0.700. The number of hydrogen-bond donors (Lipinski definition) is 2. The number of pyridine rings is 1. The number of hydrogen-bond acceptors (Lipinski definition) is 4. The fourth-order valence-electron chi connectivity index (χ4n) is 1.91. The van der Waals surface area contributed by atoms with E-state index in [1.165, 1.54) is 0 Å². The lowest BCUT2D eigenvalue weighted by Gasteiger charge is -2.09. The summed E-state index contributed by atoms with van der Waals surface area (Å²) >= 11 is 6.08. The second-order valence-corrected chi connectivity index (χ2v) is 4.72. The van der Waals surface area contributed by atoms with Crippen LogP contribution in [0.5, 0.6) is 17.4 Å². The Morgan fingerprint density at radius 1 is 1.10 bits per heavy atom. The molecule has 5 heteroatoms. The van der Waals surface area contributed by atoms with Crippen LogP contribution in [0.2, 0.25) is 5.02 Å². The molecular formula is C15H11ClN2O2. The summed E-state index contributed by atoms with van der Waals surface area (Å²) in [6, 6.07) is 11.8. The van der Waals surface area contributed by atoms with Gasteiger partial charge in [0.25, 0.3) is 0 Å². The van der Waals surface area contributed by atoms with E-state index >= 15 is 0 Å². The number of phenols is 1. The number of fused-ring (bicyclic) bond motifs is 1. The van der Waals surface area contributed by atoms with E-state index < -0.39 is 0 Å². The lowest BCUT2D eigenvalue weighted by atomic mass is 10.1. The molecule has 20 heavy (non-hydrogen) atoms. The van der Waals surface area contributed by atoms with Crippen molar-refractivity contribution in [3.63, 3.8) is 0 Å². The van der Waals surface area contributed by atoms with Gasteiger partial charge in [-0.25, -0.2) is 4.98 Å². The molecular weight excluding hydrogens is 276 g/mol. The second kappa shape index (κ2) is 4.90. The molecule has 0 fully saturated rings. The van der Waals surface area contributed by atoms with Crippen LogP contribution < -0.4 is 10.5 Å². The number of halogens is 1. The molecule has 2 aromatic carbocycles. The van der Waals surface area contributed by atoms with Gasteiger partial charge in [-0.15, -0.1) is 0 Å². The SMILES string of the molecule is Nc1ccc(Oc2nccc3ccc(O)cc23)c(Cl)c1. The van der Waals surface area contributed by atoms with E-state index in [-0.39, 0.29) is 5.75 Å². The number of phenolic OH excluding ortho intramolecular Hbond substituents is 1. The van der Waals surface area contributed by atoms with E-state index in [2.05, 4.69) is 4.98 Å². The average Bonchev–Trinajstić information content (AvgIpc) is 2.42. The Labute approximate surface area is 120 Å². The van der Waals surface area contributed by atoms with Crippen LogP contribution in [0.1, 0.15) is 0 Å². The maximum atomic E-state index is 9.59. The monoisotopic (exact) mass is 286 g/mol. The first-order valence-corrected chi connectivity index (χ1v) is 6.32. The van der Waals surface area contributed by atoms with Crippen molar-refractivity contribution in [1.82, 2.24) is 4.98 Å². The maximum Gasteiger partial charge on any atom is 0.227 e. The Bertz CT molecular complexity index is 790. The Kier molecular flexibility index (Phi) is 3.08. The molecule has 0 aliphatic rings. The molecule has 0 radical (unpaired) electrons. The van der Waals surface area contributed by atoms with Crippen LogP contribution >= 0.6 is 11.6 Å². The highest BCUT2D eigenvalue weighted by molar-refractivity contribution is 6.32. The maximum absolute atomic E-state index is 9.59. The van der Waals surface area contributed by atoms with Crippen molar-refractivity contribution in [3.05, 3.63) is 53.7 Å². The van der Waals surface area contributed by atoms with Gasteiger partial charge in [-0.1, -0.05) is 17.7 Å². The van der Waals surface area contributed by atoms with Crippen molar-refractivity contribution in [2.45, 2.75) is 0 Å². The minimum atomic E-state index is 0.152. The molecule has 0 aliphatic carbocycles. The highest BCUT2D eigenvalue weighted by Crippen LogP contribution is 2.34. The number of benzene rings is 2. The van der Waals surface area contributed by atoms with Gasteiger partial charge < -0.3 is 15.6 Å². The summed E-state index contributed by atoms with van der Waals surface area (Å²) in [6.07, 6.45) is 1.64. The van der Waals surface area contributed by atoms with E-state index in [9.17, 15) is 5.11 Å². The van der Waals surface area contributed by atoms with Crippen LogP contribution in [0.3, 0.4) is 0 Å². The molecule has 3 N–H and O–H groups in total. The highest BCUT2D eigenvalue weighted by Gasteiger charge is 2.09. The van der Waals surface area contributed by atoms with Crippen LogP contribution in [0, 0.1) is 0 Å². The molecule has 0 bridgehead atoms. The van der Waals surface area contributed by atoms with Crippen LogP contribution in [0.25, 0.3) is 10.8 Å². The molecule has 0 saturated carbocycles. The van der Waals surface area contributed by atoms with E-state index in [1.54, 1.807) is 42.6 Å². The number of aromatic nitrogens is 1. The third-order valence-corrected chi connectivity index (χ3v) is 3.17. The van der Waals surface area contributed by atoms with Crippen molar-refractivity contribution < 1.29 is 9.84 Å². The molecule has 1 aromatic heterocycles. The standard InChI is InChI=1S/C15H11ClN2O2/c16-13-7-10(17)2-4-14(13)20-15-12-8-11(19)3-1-9(12)5-6-18-15/h1-8,19H,17H2. The lowest BCUT2D eigenvalue weighted by Crippen LogP contribution is -1.91. The van der Waals surface area contributed by atoms with Crippen molar-refractivity contribution in [1.29, 1.82) is 0 Å². The molecule has 0 aliphatic heterocycles. The molecule has 1 heterocycles. The van der Waals surface area contributed by atoms with E-state index in [0.717, 1.165) is 5.39 Å². The van der Waals surface area contributed by atoms with Gasteiger partial charge in [-0.2, -0.15) is 0 Å². The fourth-order valence-corrected chi connectivity index (χ4v) is 2.14. The number of ether oxygens (including phenoxy) is 1. The van der Waals surface area contributed by atoms with E-state index in [1.807, 2.05) is 6.07 Å². The predicted octanol–water partition coefficient (Wildman–Crippen LogP) is 3.97. The third kappa shape index (κ3) is 2.33. The third-order valence-electron chi connectivity index (χ3n) is 2.88. The number of anilines is 1. The van der Waals surface area contributed by atoms with Gasteiger partial charge >= 0.3 is 0 Å². The minimum Gasteiger partial charge on any atom is -0.508 e. The smallest absolute Gasteiger partial charge is 0.227 e. The fraction of sp³-hybridized carbons (Fsp3) is 0. The number of rotatable bonds is 2. The zero-order valence-corrected chi connectivity index (χ0v) is 11.1. The summed E-state index contributed by atoms with van der Waals surface area (Å²) in [6.45, 7) is 0. The predicted molar refractivity (Wildman–Crippen MR) is 79.3 cm³/mol. The Morgan fingerprint density at radius 2 is 1.95 bits per heavy atom. The number of nitrogens with two attached hydrogens (primary N) is 1. The molecule has 0 atom stereocenters. The van der Waals surface area contributed by atoms with Crippen LogP contribution in [-0.2, 0) is 0 Å². The topological polar surface area (TPSA) is 68.4 Å². The van der Waals surface area contributed by atoms with E-state index in [0.29, 0.717) is 27.7 Å². The van der Waals surface area contributed by atoms with Gasteiger partial charge in [0.2, 0.25) is 5.88 Å². The summed E-state index contributed by atoms with van der Waals surface area (Å²) < 4.78 is 5.72. The summed E-state index contributed by atoms with van der Waals surface area (Å²) in [5.74, 6) is 0.994. The zero-order valence-electron chi connectivity index (χ0n) is 10.4. The molecule has 0 amide bonds. The van der Waals surface area contributed by atoms with Gasteiger partial charge in [0.1, 0.15) is 11.5 Å². The number of nitrogens with zero attached hydrogens (tertiary/aromatic N) is 1. The van der Waals surface area contributed by atoms with E-state index in [4.69, 9.17) is 22.1 Å². The normalized spacial score (nSPS) is 10.7. The number of nitrogen functional groups attached to an aromatic ring is 1. The molecule has 4 nitrogen and oxygen atoms in total. The highest BCUT2D eigenvalue weighted by atomic mass is 35.5. The van der Waals surface area contributed by atoms with Crippen molar-refractivity contribution in [2.24, 2.45) is 0 Å². The zero-order chi connectivity index (χ0) is 14.1. The summed E-state index contributed by atoms with van der Waals surface area (Å²) in [5.41, 5.74) is 6.20. The summed E-state index contributed by atoms with van der Waals surface area (Å²) in [7, 11) is 0. The Hall–Kier alpha value is -2.46. The first-order chi connectivity index (χ1) is 9.63. The van der Waals surface area contributed by atoms with Crippen LogP contribution in [0.4, 0.5) is 5.69 Å². The Balaban J connectivity index is 2.08. The minimum absolute atomic E-state index is 0.152. The molecule has 0 saturated heterocycles. The van der Waals surface area contributed by atoms with Gasteiger partial charge in [0.05, 0.1) is 5.02 Å². The molecule has 0 unspecified atom stereocenters. The molecule has 0 spiro atoms.